The van der Waals surface area contributed by atoms with Crippen LogP contribution >= 0.6 is 0 Å². The largest absolute Gasteiger partial charge is 0.476 e. The van der Waals surface area contributed by atoms with Gasteiger partial charge in [-0.1, -0.05) is 30.3 Å². The number of nitrogens with one attached hydrogen (secondary N) is 1. The van der Waals surface area contributed by atoms with Crippen molar-refractivity contribution in [2.75, 3.05) is 26.3 Å². The lowest BCUT2D eigenvalue weighted by Crippen LogP contribution is -2.39. The summed E-state index contributed by atoms with van der Waals surface area (Å²) in [6.07, 6.45) is 1.10. The summed E-state index contributed by atoms with van der Waals surface area (Å²) in [5.74, 6) is 0.662. The average Bonchev–Trinajstić information content (AvgIpc) is 3.03. The van der Waals surface area contributed by atoms with Gasteiger partial charge in [-0.25, -0.2) is 4.68 Å². The fraction of sp³-hybridized carbons (Fsp3) is 0.350. The van der Waals surface area contributed by atoms with Crippen molar-refractivity contribution >= 4 is 10.8 Å². The Morgan fingerprint density at radius 3 is 2.92 bits per heavy atom. The van der Waals surface area contributed by atoms with E-state index in [0.717, 1.165) is 37.5 Å². The molecule has 25 heavy (non-hydrogen) atoms. The van der Waals surface area contributed by atoms with Crippen molar-refractivity contribution in [2.24, 2.45) is 0 Å². The Morgan fingerprint density at radius 1 is 1.20 bits per heavy atom. The molecule has 5 nitrogen and oxygen atoms in total. The molecule has 1 saturated heterocycles. The Hall–Kier alpha value is -2.37. The van der Waals surface area contributed by atoms with Crippen LogP contribution in [0, 0.1) is 6.92 Å². The number of aromatic nitrogens is 2. The number of rotatable bonds is 5. The van der Waals surface area contributed by atoms with E-state index in [1.54, 1.807) is 0 Å². The molecule has 1 unspecified atom stereocenters. The van der Waals surface area contributed by atoms with Crippen LogP contribution in [0.5, 0.6) is 5.88 Å². The van der Waals surface area contributed by atoms with E-state index < -0.39 is 0 Å². The average molecular weight is 337 g/mol. The molecular formula is C20H23N3O2. The standard InChI is InChI=1S/C20H23N3O2/c1-15-12-20(25-10-8-19-14-21-9-11-24-19)22-23(15)18-7-6-16-4-2-3-5-17(16)13-18/h2-7,12-13,19,21H,8-11,14H2,1H3. The minimum absolute atomic E-state index is 0.234. The lowest BCUT2D eigenvalue weighted by Gasteiger charge is -2.23. The lowest BCUT2D eigenvalue weighted by molar-refractivity contribution is 0.0156. The van der Waals surface area contributed by atoms with Crippen LogP contribution in [0.3, 0.4) is 0 Å². The van der Waals surface area contributed by atoms with Crippen molar-refractivity contribution in [3.05, 3.63) is 54.2 Å². The quantitative estimate of drug-likeness (QED) is 0.777. The first-order valence-corrected chi connectivity index (χ1v) is 8.80. The number of hydrogen-bond donors (Lipinski definition) is 1. The van der Waals surface area contributed by atoms with E-state index in [1.807, 2.05) is 17.7 Å². The molecule has 0 spiro atoms. The number of aryl methyl sites for hydroxylation is 1. The molecule has 2 aromatic carbocycles. The number of morpholine rings is 1. The van der Waals surface area contributed by atoms with E-state index >= 15 is 0 Å². The van der Waals surface area contributed by atoms with Gasteiger partial charge < -0.3 is 14.8 Å². The minimum Gasteiger partial charge on any atom is -0.476 e. The third-order valence-electron chi connectivity index (χ3n) is 4.54. The number of ether oxygens (including phenoxy) is 2. The smallest absolute Gasteiger partial charge is 0.233 e. The van der Waals surface area contributed by atoms with Crippen LogP contribution in [-0.4, -0.2) is 42.2 Å². The molecule has 3 aromatic rings. The third-order valence-corrected chi connectivity index (χ3v) is 4.54. The highest BCUT2D eigenvalue weighted by Gasteiger charge is 2.14. The predicted octanol–water partition coefficient (Wildman–Crippen LogP) is 3.09. The monoisotopic (exact) mass is 337 g/mol. The number of nitrogens with zero attached hydrogens (tertiary/aromatic N) is 2. The van der Waals surface area contributed by atoms with Gasteiger partial charge in [0.05, 0.1) is 25.0 Å². The van der Waals surface area contributed by atoms with Crippen LogP contribution in [0.1, 0.15) is 12.1 Å². The number of hydrogen-bond acceptors (Lipinski definition) is 4. The van der Waals surface area contributed by atoms with Crippen molar-refractivity contribution < 1.29 is 9.47 Å². The molecule has 0 radical (unpaired) electrons. The van der Waals surface area contributed by atoms with Crippen molar-refractivity contribution in [2.45, 2.75) is 19.4 Å². The molecule has 0 amide bonds. The van der Waals surface area contributed by atoms with E-state index in [-0.39, 0.29) is 6.10 Å². The molecule has 130 valence electrons. The summed E-state index contributed by atoms with van der Waals surface area (Å²) in [6, 6.07) is 16.7. The molecule has 0 saturated carbocycles. The Labute approximate surface area is 147 Å². The molecule has 1 N–H and O–H groups in total. The van der Waals surface area contributed by atoms with E-state index in [4.69, 9.17) is 9.47 Å². The molecule has 4 rings (SSSR count). The topological polar surface area (TPSA) is 48.3 Å². The van der Waals surface area contributed by atoms with Crippen LogP contribution in [-0.2, 0) is 4.74 Å². The van der Waals surface area contributed by atoms with E-state index in [1.165, 1.54) is 10.8 Å². The highest BCUT2D eigenvalue weighted by molar-refractivity contribution is 5.84. The minimum atomic E-state index is 0.234. The van der Waals surface area contributed by atoms with E-state index in [2.05, 4.69) is 52.9 Å². The Bertz CT molecular complexity index is 853. The number of fused-ring (bicyclic) bond motifs is 1. The SMILES string of the molecule is Cc1cc(OCCC2CNCCO2)nn1-c1ccc2ccccc2c1. The molecule has 1 aliphatic rings. The Morgan fingerprint density at radius 2 is 2.08 bits per heavy atom. The van der Waals surface area contributed by atoms with E-state index in [9.17, 15) is 0 Å². The second-order valence-electron chi connectivity index (χ2n) is 6.40. The van der Waals surface area contributed by atoms with Crippen molar-refractivity contribution in [1.29, 1.82) is 0 Å². The molecule has 0 bridgehead atoms. The molecule has 1 fully saturated rings. The number of benzene rings is 2. The maximum Gasteiger partial charge on any atom is 0.233 e. The van der Waals surface area contributed by atoms with Crippen LogP contribution in [0.4, 0.5) is 0 Å². The molecule has 0 aliphatic carbocycles. The molecular weight excluding hydrogens is 314 g/mol. The van der Waals surface area contributed by atoms with Gasteiger partial charge in [-0.05, 0) is 29.8 Å². The summed E-state index contributed by atoms with van der Waals surface area (Å²) in [7, 11) is 0. The summed E-state index contributed by atoms with van der Waals surface area (Å²) >= 11 is 0. The normalized spacial score (nSPS) is 17.7. The fourth-order valence-electron chi connectivity index (χ4n) is 3.19. The summed E-state index contributed by atoms with van der Waals surface area (Å²) in [6.45, 7) is 5.27. The second kappa shape index (κ2) is 7.25. The van der Waals surface area contributed by atoms with E-state index in [0.29, 0.717) is 12.5 Å². The fourth-order valence-corrected chi connectivity index (χ4v) is 3.19. The third kappa shape index (κ3) is 3.67. The summed E-state index contributed by atoms with van der Waals surface area (Å²) in [5.41, 5.74) is 2.10. The first-order chi connectivity index (χ1) is 12.3. The Balaban J connectivity index is 1.45. The van der Waals surface area contributed by atoms with Gasteiger partial charge in [-0.2, -0.15) is 0 Å². The van der Waals surface area contributed by atoms with Crippen molar-refractivity contribution in [3.63, 3.8) is 0 Å². The summed E-state index contributed by atoms with van der Waals surface area (Å²) in [4.78, 5) is 0. The lowest BCUT2D eigenvalue weighted by atomic mass is 10.1. The van der Waals surface area contributed by atoms with Gasteiger partial charge in [0.25, 0.3) is 0 Å². The first kappa shape index (κ1) is 16.1. The Kier molecular flexibility index (Phi) is 4.68. The first-order valence-electron chi connectivity index (χ1n) is 8.80. The second-order valence-corrected chi connectivity index (χ2v) is 6.40. The highest BCUT2D eigenvalue weighted by atomic mass is 16.5. The van der Waals surface area contributed by atoms with Gasteiger partial charge in [0.1, 0.15) is 0 Å². The van der Waals surface area contributed by atoms with Crippen LogP contribution in [0.15, 0.2) is 48.5 Å². The van der Waals surface area contributed by atoms with Gasteiger partial charge in [0.2, 0.25) is 5.88 Å². The zero-order valence-electron chi connectivity index (χ0n) is 14.4. The summed E-state index contributed by atoms with van der Waals surface area (Å²) in [5, 5.41) is 10.4. The van der Waals surface area contributed by atoms with Crippen LogP contribution < -0.4 is 10.1 Å². The maximum absolute atomic E-state index is 5.84. The van der Waals surface area contributed by atoms with Gasteiger partial charge >= 0.3 is 0 Å². The molecule has 1 aliphatic heterocycles. The predicted molar refractivity (Wildman–Crippen MR) is 98.5 cm³/mol. The molecule has 2 heterocycles. The van der Waals surface area contributed by atoms with Gasteiger partial charge in [0, 0.05) is 31.3 Å². The maximum atomic E-state index is 5.84. The van der Waals surface area contributed by atoms with Gasteiger partial charge in [-0.3, -0.25) is 0 Å². The van der Waals surface area contributed by atoms with Crippen LogP contribution in [0.2, 0.25) is 0 Å². The van der Waals surface area contributed by atoms with Crippen molar-refractivity contribution in [3.8, 4) is 11.6 Å². The van der Waals surface area contributed by atoms with Gasteiger partial charge in [-0.15, -0.1) is 5.10 Å². The summed E-state index contributed by atoms with van der Waals surface area (Å²) < 4.78 is 13.5. The molecule has 5 heteroatoms. The van der Waals surface area contributed by atoms with Crippen LogP contribution in [0.25, 0.3) is 16.5 Å². The molecule has 1 aromatic heterocycles. The highest BCUT2D eigenvalue weighted by Crippen LogP contribution is 2.21. The zero-order valence-corrected chi connectivity index (χ0v) is 14.4. The van der Waals surface area contributed by atoms with Gasteiger partial charge in [0.15, 0.2) is 0 Å². The molecule has 1 atom stereocenters. The zero-order chi connectivity index (χ0) is 17.1. The van der Waals surface area contributed by atoms with Crippen molar-refractivity contribution in [1.82, 2.24) is 15.1 Å².